The molecule has 0 spiro atoms. The largest absolute Gasteiger partial charge is 0.444 e. The minimum Gasteiger partial charge on any atom is -0.444 e. The van der Waals surface area contributed by atoms with Crippen molar-refractivity contribution in [3.8, 4) is 0 Å². The average Bonchev–Trinajstić information content (AvgIpc) is 3.05. The van der Waals surface area contributed by atoms with Crippen molar-refractivity contribution in [1.82, 2.24) is 14.8 Å². The summed E-state index contributed by atoms with van der Waals surface area (Å²) in [6.07, 6.45) is 9.93. The second-order valence-corrected chi connectivity index (χ2v) is 14.4. The first-order valence-corrected chi connectivity index (χ1v) is 16.0. The molecular formula is C31H36Br2ClN3O3. The maximum absolute atomic E-state index is 13.3. The molecule has 2 saturated heterocycles. The van der Waals surface area contributed by atoms with Crippen molar-refractivity contribution in [2.24, 2.45) is 11.8 Å². The van der Waals surface area contributed by atoms with E-state index in [-0.39, 0.29) is 17.9 Å². The normalized spacial score (nSPS) is 20.1. The van der Waals surface area contributed by atoms with E-state index in [1.165, 1.54) is 5.56 Å². The van der Waals surface area contributed by atoms with Gasteiger partial charge in [0.05, 0.1) is 5.69 Å². The van der Waals surface area contributed by atoms with Crippen molar-refractivity contribution >= 4 is 67.6 Å². The number of likely N-dealkylation sites (tertiary alicyclic amines) is 2. The summed E-state index contributed by atoms with van der Waals surface area (Å²) in [6, 6.07) is 6.12. The number of nitrogens with zero attached hydrogens (tertiary/aromatic N) is 3. The predicted molar refractivity (Wildman–Crippen MR) is 166 cm³/mol. The molecule has 2 aliphatic heterocycles. The monoisotopic (exact) mass is 691 g/mol. The molecule has 1 atom stereocenters. The third-order valence-corrected chi connectivity index (χ3v) is 9.49. The van der Waals surface area contributed by atoms with E-state index in [0.29, 0.717) is 36.4 Å². The molecule has 2 fully saturated rings. The average molecular weight is 694 g/mol. The minimum absolute atomic E-state index is 0.106. The number of pyridine rings is 1. The Hall–Kier alpha value is -1.90. The summed E-state index contributed by atoms with van der Waals surface area (Å²) in [5.41, 5.74) is 4.01. The molecule has 40 heavy (non-hydrogen) atoms. The first kappa shape index (κ1) is 29.6. The molecule has 1 aromatic carbocycles. The van der Waals surface area contributed by atoms with Crippen molar-refractivity contribution in [3.05, 3.63) is 60.7 Å². The van der Waals surface area contributed by atoms with Crippen LogP contribution < -0.4 is 0 Å². The van der Waals surface area contributed by atoms with Crippen molar-refractivity contribution < 1.29 is 14.3 Å². The molecule has 1 unspecified atom stereocenters. The highest BCUT2D eigenvalue weighted by Crippen LogP contribution is 2.46. The van der Waals surface area contributed by atoms with Gasteiger partial charge in [-0.15, -0.1) is 0 Å². The Morgan fingerprint density at radius 3 is 2.30 bits per heavy atom. The van der Waals surface area contributed by atoms with Gasteiger partial charge < -0.3 is 14.5 Å². The van der Waals surface area contributed by atoms with Crippen LogP contribution in [0, 0.1) is 11.8 Å². The maximum Gasteiger partial charge on any atom is 0.410 e. The van der Waals surface area contributed by atoms with Gasteiger partial charge in [-0.25, -0.2) is 4.79 Å². The third-order valence-electron chi connectivity index (χ3n) is 8.18. The number of amides is 2. The van der Waals surface area contributed by atoms with Crippen molar-refractivity contribution in [2.45, 2.75) is 64.4 Å². The number of hydrogen-bond acceptors (Lipinski definition) is 4. The van der Waals surface area contributed by atoms with Gasteiger partial charge in [-0.3, -0.25) is 9.78 Å². The number of aromatic nitrogens is 1. The van der Waals surface area contributed by atoms with Gasteiger partial charge in [0, 0.05) is 58.7 Å². The van der Waals surface area contributed by atoms with E-state index in [4.69, 9.17) is 21.3 Å². The highest BCUT2D eigenvalue weighted by molar-refractivity contribution is 9.10. The van der Waals surface area contributed by atoms with Crippen LogP contribution in [-0.4, -0.2) is 58.6 Å². The van der Waals surface area contributed by atoms with E-state index in [2.05, 4.69) is 50.1 Å². The van der Waals surface area contributed by atoms with Crippen LogP contribution in [0.25, 0.3) is 12.2 Å². The molecule has 3 aliphatic rings. The Morgan fingerprint density at radius 1 is 0.975 bits per heavy atom. The highest BCUT2D eigenvalue weighted by atomic mass is 79.9. The van der Waals surface area contributed by atoms with Gasteiger partial charge in [-0.1, -0.05) is 39.7 Å². The molecule has 9 heteroatoms. The van der Waals surface area contributed by atoms with Crippen LogP contribution in [0.2, 0.25) is 5.02 Å². The lowest BCUT2D eigenvalue weighted by Crippen LogP contribution is -2.44. The third kappa shape index (κ3) is 6.76. The number of fused-ring (bicyclic) bond motifs is 2. The lowest BCUT2D eigenvalue weighted by molar-refractivity contribution is -0.134. The highest BCUT2D eigenvalue weighted by Gasteiger charge is 2.36. The van der Waals surface area contributed by atoms with E-state index < -0.39 is 5.60 Å². The molecule has 1 aromatic heterocycles. The van der Waals surface area contributed by atoms with Crippen LogP contribution in [0.1, 0.15) is 81.2 Å². The molecule has 3 heterocycles. The van der Waals surface area contributed by atoms with Crippen LogP contribution >= 0.6 is 43.5 Å². The summed E-state index contributed by atoms with van der Waals surface area (Å²) in [7, 11) is 0. The number of hydrogen-bond donors (Lipinski definition) is 0. The summed E-state index contributed by atoms with van der Waals surface area (Å²) >= 11 is 13.8. The van der Waals surface area contributed by atoms with E-state index in [1.54, 1.807) is 4.90 Å². The molecule has 0 saturated carbocycles. The van der Waals surface area contributed by atoms with Crippen LogP contribution in [-0.2, 0) is 9.53 Å². The lowest BCUT2D eigenvalue weighted by Gasteiger charge is -2.38. The Balaban J connectivity index is 1.23. The van der Waals surface area contributed by atoms with Crippen LogP contribution in [0.15, 0.2) is 33.3 Å². The number of ether oxygens (including phenoxy) is 1. The Bertz CT molecular complexity index is 1310. The van der Waals surface area contributed by atoms with Gasteiger partial charge in [0.1, 0.15) is 5.60 Å². The van der Waals surface area contributed by atoms with Crippen molar-refractivity contribution in [1.29, 1.82) is 0 Å². The molecule has 2 amide bonds. The first-order chi connectivity index (χ1) is 19.0. The SMILES string of the molecule is CC(C)(C)OC(=O)N1CCC(CC(=O)N2CCC(C3c4ncc(Br)cc4C=Cc4cc(Cl)cc(Br)c43)CC2)CC1. The molecule has 2 aromatic rings. The molecular weight excluding hydrogens is 658 g/mol. The fourth-order valence-corrected chi connectivity index (χ4v) is 7.64. The second kappa shape index (κ2) is 12.1. The molecule has 0 radical (unpaired) electrons. The Kier molecular flexibility index (Phi) is 8.98. The second-order valence-electron chi connectivity index (χ2n) is 12.2. The van der Waals surface area contributed by atoms with Crippen LogP contribution in [0.5, 0.6) is 0 Å². The van der Waals surface area contributed by atoms with Crippen molar-refractivity contribution in [2.75, 3.05) is 26.2 Å². The van der Waals surface area contributed by atoms with E-state index >= 15 is 0 Å². The first-order valence-electron chi connectivity index (χ1n) is 14.1. The molecule has 1 aliphatic carbocycles. The fourth-order valence-electron chi connectivity index (χ4n) is 6.21. The minimum atomic E-state index is -0.497. The summed E-state index contributed by atoms with van der Waals surface area (Å²) in [4.78, 5) is 34.4. The predicted octanol–water partition coefficient (Wildman–Crippen LogP) is 8.15. The van der Waals surface area contributed by atoms with E-state index in [1.807, 2.05) is 44.0 Å². The molecule has 5 rings (SSSR count). The Morgan fingerprint density at radius 2 is 1.62 bits per heavy atom. The van der Waals surface area contributed by atoms with E-state index in [9.17, 15) is 9.59 Å². The number of carbonyl (C=O) groups is 2. The van der Waals surface area contributed by atoms with Gasteiger partial charge >= 0.3 is 6.09 Å². The summed E-state index contributed by atoms with van der Waals surface area (Å²) in [6.45, 7) is 8.43. The zero-order chi connectivity index (χ0) is 28.6. The van der Waals surface area contributed by atoms with Crippen molar-refractivity contribution in [3.63, 3.8) is 0 Å². The van der Waals surface area contributed by atoms with Gasteiger partial charge in [0.25, 0.3) is 0 Å². The molecule has 0 bridgehead atoms. The lowest BCUT2D eigenvalue weighted by atomic mass is 9.76. The fraction of sp³-hybridized carbons (Fsp3) is 0.516. The van der Waals surface area contributed by atoms with Gasteiger partial charge in [-0.05, 0) is 109 Å². The zero-order valence-electron chi connectivity index (χ0n) is 23.3. The molecule has 0 N–H and O–H groups in total. The Labute approximate surface area is 258 Å². The van der Waals surface area contributed by atoms with E-state index in [0.717, 1.165) is 64.5 Å². The summed E-state index contributed by atoms with van der Waals surface area (Å²) in [5, 5.41) is 0.700. The van der Waals surface area contributed by atoms with Gasteiger partial charge in [0.2, 0.25) is 5.91 Å². The smallest absolute Gasteiger partial charge is 0.410 e. The van der Waals surface area contributed by atoms with Crippen LogP contribution in [0.4, 0.5) is 4.79 Å². The number of piperidine rings is 2. The van der Waals surface area contributed by atoms with Gasteiger partial charge in [-0.2, -0.15) is 0 Å². The standard InChI is InChI=1S/C31H36Br2ClN3O3/c1-31(2,3)40-30(39)37-10-6-19(7-11-37)14-26(38)36-12-8-20(9-13-36)28-27-21(16-24(34)17-25(27)33)4-5-22-15-23(32)18-35-29(22)28/h4-5,15-20,28H,6-14H2,1-3H3. The zero-order valence-corrected chi connectivity index (χ0v) is 27.2. The quantitative estimate of drug-likeness (QED) is 0.326. The summed E-state index contributed by atoms with van der Waals surface area (Å²) in [5.74, 6) is 0.991. The number of rotatable bonds is 3. The summed E-state index contributed by atoms with van der Waals surface area (Å²) < 4.78 is 7.46. The van der Waals surface area contributed by atoms with Crippen LogP contribution in [0.3, 0.4) is 0 Å². The number of carbonyl (C=O) groups excluding carboxylic acids is 2. The van der Waals surface area contributed by atoms with Gasteiger partial charge in [0.15, 0.2) is 0 Å². The number of benzene rings is 1. The maximum atomic E-state index is 13.3. The molecule has 214 valence electrons. The number of halogens is 3. The molecule has 6 nitrogen and oxygen atoms in total. The topological polar surface area (TPSA) is 62.7 Å².